The molecule has 1 rings (SSSR count). The van der Waals surface area contributed by atoms with Crippen molar-refractivity contribution in [3.63, 3.8) is 0 Å². The zero-order valence-electron chi connectivity index (χ0n) is 15.9. The number of rotatable bonds is 9. The van der Waals surface area contributed by atoms with Crippen LogP contribution in [0.5, 0.6) is 0 Å². The first-order valence-electron chi connectivity index (χ1n) is 9.55. The second-order valence-electron chi connectivity index (χ2n) is 6.79. The molecule has 0 amide bonds. The van der Waals surface area contributed by atoms with E-state index >= 15 is 0 Å². The lowest BCUT2D eigenvalue weighted by molar-refractivity contribution is 0.280. The van der Waals surface area contributed by atoms with Crippen LogP contribution in [0.2, 0.25) is 0 Å². The average Bonchev–Trinajstić information content (AvgIpc) is 2.77. The van der Waals surface area contributed by atoms with Crippen molar-refractivity contribution in [1.82, 2.24) is 20.4 Å². The standard InChI is InChI=1S/C18H39N5/c1-5-7-9-17(6-2)16-21-18(19-3)20-10-13-23-12-8-11-22(4)14-15-23/h17H,5-16H2,1-4H3,(H2,19,20,21). The van der Waals surface area contributed by atoms with Gasteiger partial charge in [-0.1, -0.05) is 33.1 Å². The highest BCUT2D eigenvalue weighted by molar-refractivity contribution is 5.79. The second kappa shape index (κ2) is 12.6. The fourth-order valence-corrected chi connectivity index (χ4v) is 3.06. The summed E-state index contributed by atoms with van der Waals surface area (Å²) < 4.78 is 0. The first-order valence-corrected chi connectivity index (χ1v) is 9.55. The van der Waals surface area contributed by atoms with Crippen LogP contribution in [0.3, 0.4) is 0 Å². The highest BCUT2D eigenvalue weighted by Gasteiger charge is 2.12. The van der Waals surface area contributed by atoms with Crippen molar-refractivity contribution in [2.24, 2.45) is 10.9 Å². The van der Waals surface area contributed by atoms with Gasteiger partial charge in [0.15, 0.2) is 5.96 Å². The first-order chi connectivity index (χ1) is 11.2. The Balaban J connectivity index is 2.20. The van der Waals surface area contributed by atoms with Crippen molar-refractivity contribution in [3.8, 4) is 0 Å². The van der Waals surface area contributed by atoms with E-state index in [9.17, 15) is 0 Å². The molecule has 1 aliphatic heterocycles. The summed E-state index contributed by atoms with van der Waals surface area (Å²) in [5, 5.41) is 6.97. The molecule has 0 aromatic heterocycles. The molecule has 1 aliphatic rings. The summed E-state index contributed by atoms with van der Waals surface area (Å²) in [4.78, 5) is 9.34. The van der Waals surface area contributed by atoms with Gasteiger partial charge in [0, 0.05) is 39.8 Å². The Morgan fingerprint density at radius 3 is 2.65 bits per heavy atom. The van der Waals surface area contributed by atoms with Crippen LogP contribution in [0.25, 0.3) is 0 Å². The third-order valence-electron chi connectivity index (χ3n) is 4.86. The van der Waals surface area contributed by atoms with Gasteiger partial charge in [0.05, 0.1) is 0 Å². The van der Waals surface area contributed by atoms with Crippen molar-refractivity contribution in [2.45, 2.75) is 46.0 Å². The molecular weight excluding hydrogens is 286 g/mol. The molecule has 1 unspecified atom stereocenters. The highest BCUT2D eigenvalue weighted by Crippen LogP contribution is 2.10. The lowest BCUT2D eigenvalue weighted by atomic mass is 9.99. The van der Waals surface area contributed by atoms with E-state index < -0.39 is 0 Å². The minimum atomic E-state index is 0.759. The van der Waals surface area contributed by atoms with Crippen LogP contribution >= 0.6 is 0 Å². The van der Waals surface area contributed by atoms with Gasteiger partial charge in [-0.2, -0.15) is 0 Å². The van der Waals surface area contributed by atoms with Gasteiger partial charge in [0.2, 0.25) is 0 Å². The van der Waals surface area contributed by atoms with E-state index in [4.69, 9.17) is 0 Å². The Morgan fingerprint density at radius 1 is 1.13 bits per heavy atom. The van der Waals surface area contributed by atoms with Crippen molar-refractivity contribution in [2.75, 3.05) is 59.9 Å². The Kier molecular flexibility index (Phi) is 11.1. The summed E-state index contributed by atoms with van der Waals surface area (Å²) in [5.74, 6) is 1.71. The molecule has 0 aromatic rings. The van der Waals surface area contributed by atoms with Crippen LogP contribution in [-0.2, 0) is 0 Å². The summed E-state index contributed by atoms with van der Waals surface area (Å²) in [5.41, 5.74) is 0. The van der Waals surface area contributed by atoms with Gasteiger partial charge in [-0.25, -0.2) is 0 Å². The summed E-state index contributed by atoms with van der Waals surface area (Å²) in [6, 6.07) is 0. The van der Waals surface area contributed by atoms with E-state index in [2.05, 4.69) is 46.3 Å². The number of unbranched alkanes of at least 4 members (excludes halogenated alkanes) is 1. The lowest BCUT2D eigenvalue weighted by Gasteiger charge is -2.22. The molecule has 2 N–H and O–H groups in total. The molecule has 5 nitrogen and oxygen atoms in total. The van der Waals surface area contributed by atoms with Crippen LogP contribution in [-0.4, -0.2) is 75.7 Å². The van der Waals surface area contributed by atoms with Crippen LogP contribution in [0.15, 0.2) is 4.99 Å². The Bertz CT molecular complexity index is 319. The number of hydrogen-bond donors (Lipinski definition) is 2. The predicted molar refractivity (Wildman–Crippen MR) is 101 cm³/mol. The summed E-state index contributed by atoms with van der Waals surface area (Å²) in [6.07, 6.45) is 6.45. The van der Waals surface area contributed by atoms with E-state index in [1.807, 2.05) is 7.05 Å². The summed E-state index contributed by atoms with van der Waals surface area (Å²) in [6.45, 7) is 12.5. The average molecular weight is 326 g/mol. The molecule has 23 heavy (non-hydrogen) atoms. The first kappa shape index (κ1) is 20.2. The Hall–Kier alpha value is -0.810. The maximum Gasteiger partial charge on any atom is 0.191 e. The fraction of sp³-hybridized carbons (Fsp3) is 0.944. The molecule has 0 spiro atoms. The predicted octanol–water partition coefficient (Wildman–Crippen LogP) is 2.01. The Labute approximate surface area is 143 Å². The van der Waals surface area contributed by atoms with E-state index in [1.54, 1.807) is 0 Å². The molecule has 136 valence electrons. The van der Waals surface area contributed by atoms with Crippen LogP contribution < -0.4 is 10.6 Å². The molecule has 5 heteroatoms. The molecule has 0 saturated carbocycles. The second-order valence-corrected chi connectivity index (χ2v) is 6.79. The van der Waals surface area contributed by atoms with Gasteiger partial charge < -0.3 is 20.4 Å². The molecule has 1 heterocycles. The molecule has 0 aliphatic carbocycles. The molecular formula is C18H39N5. The largest absolute Gasteiger partial charge is 0.356 e. The number of aliphatic imine (C=N–C) groups is 1. The molecule has 1 atom stereocenters. The number of likely N-dealkylation sites (N-methyl/N-ethyl adjacent to an activating group) is 1. The maximum absolute atomic E-state index is 4.36. The summed E-state index contributed by atoms with van der Waals surface area (Å²) in [7, 11) is 4.08. The van der Waals surface area contributed by atoms with Gasteiger partial charge >= 0.3 is 0 Å². The minimum absolute atomic E-state index is 0.759. The molecule has 1 fully saturated rings. The van der Waals surface area contributed by atoms with E-state index in [0.717, 1.165) is 31.5 Å². The van der Waals surface area contributed by atoms with Crippen molar-refractivity contribution in [3.05, 3.63) is 0 Å². The quantitative estimate of drug-likeness (QED) is 0.503. The molecule has 0 bridgehead atoms. The van der Waals surface area contributed by atoms with Crippen molar-refractivity contribution >= 4 is 5.96 Å². The van der Waals surface area contributed by atoms with Gasteiger partial charge in [-0.3, -0.25) is 4.99 Å². The lowest BCUT2D eigenvalue weighted by Crippen LogP contribution is -2.43. The van der Waals surface area contributed by atoms with Crippen LogP contribution in [0.1, 0.15) is 46.0 Å². The van der Waals surface area contributed by atoms with Gasteiger partial charge in [-0.15, -0.1) is 0 Å². The summed E-state index contributed by atoms with van der Waals surface area (Å²) >= 11 is 0. The molecule has 0 radical (unpaired) electrons. The van der Waals surface area contributed by atoms with Gasteiger partial charge in [-0.05, 0) is 38.9 Å². The molecule has 0 aromatic carbocycles. The number of hydrogen-bond acceptors (Lipinski definition) is 3. The highest BCUT2D eigenvalue weighted by atomic mass is 15.2. The topological polar surface area (TPSA) is 42.9 Å². The monoisotopic (exact) mass is 325 g/mol. The SMILES string of the molecule is CCCCC(CC)CNC(=NC)NCCN1CCCN(C)CC1. The number of nitrogens with zero attached hydrogens (tertiary/aromatic N) is 3. The van der Waals surface area contributed by atoms with Crippen molar-refractivity contribution < 1.29 is 0 Å². The Morgan fingerprint density at radius 2 is 1.96 bits per heavy atom. The van der Waals surface area contributed by atoms with E-state index in [1.165, 1.54) is 58.3 Å². The van der Waals surface area contributed by atoms with Crippen molar-refractivity contribution in [1.29, 1.82) is 0 Å². The number of guanidine groups is 1. The minimum Gasteiger partial charge on any atom is -0.356 e. The fourth-order valence-electron chi connectivity index (χ4n) is 3.06. The third-order valence-corrected chi connectivity index (χ3v) is 4.86. The van der Waals surface area contributed by atoms with Crippen LogP contribution in [0.4, 0.5) is 0 Å². The zero-order chi connectivity index (χ0) is 16.9. The maximum atomic E-state index is 4.36. The number of nitrogens with one attached hydrogen (secondary N) is 2. The van der Waals surface area contributed by atoms with Gasteiger partial charge in [0.25, 0.3) is 0 Å². The normalized spacial score (nSPS) is 19.4. The van der Waals surface area contributed by atoms with E-state index in [0.29, 0.717) is 0 Å². The smallest absolute Gasteiger partial charge is 0.191 e. The van der Waals surface area contributed by atoms with E-state index in [-0.39, 0.29) is 0 Å². The molecule has 1 saturated heterocycles. The van der Waals surface area contributed by atoms with Crippen LogP contribution in [0, 0.1) is 5.92 Å². The zero-order valence-corrected chi connectivity index (χ0v) is 15.9. The van der Waals surface area contributed by atoms with Gasteiger partial charge in [0.1, 0.15) is 0 Å². The third kappa shape index (κ3) is 9.16.